The second-order valence-corrected chi connectivity index (χ2v) is 6.75. The van der Waals surface area contributed by atoms with E-state index in [1.807, 2.05) is 16.8 Å². The summed E-state index contributed by atoms with van der Waals surface area (Å²) >= 11 is 0. The first kappa shape index (κ1) is 18.5. The molecular weight excluding hydrogens is 356 g/mol. The molecule has 146 valence electrons. The molecule has 1 aromatic carbocycles. The van der Waals surface area contributed by atoms with Crippen molar-refractivity contribution in [2.24, 2.45) is 5.73 Å². The van der Waals surface area contributed by atoms with Crippen LogP contribution in [0.4, 0.5) is 5.69 Å². The number of ketones is 1. The van der Waals surface area contributed by atoms with Crippen LogP contribution in [0.15, 0.2) is 30.6 Å². The van der Waals surface area contributed by atoms with Crippen LogP contribution in [0.3, 0.4) is 0 Å². The molecule has 0 aliphatic heterocycles. The van der Waals surface area contributed by atoms with Gasteiger partial charge in [0.15, 0.2) is 5.78 Å². The molecule has 0 saturated carbocycles. The lowest BCUT2D eigenvalue weighted by molar-refractivity contribution is 0.104. The summed E-state index contributed by atoms with van der Waals surface area (Å²) in [4.78, 5) is 17.5. The van der Waals surface area contributed by atoms with Gasteiger partial charge in [-0.3, -0.25) is 14.5 Å². The van der Waals surface area contributed by atoms with Gasteiger partial charge in [0.1, 0.15) is 5.69 Å². The van der Waals surface area contributed by atoms with Crippen molar-refractivity contribution >= 4 is 22.4 Å². The first-order valence-electron chi connectivity index (χ1n) is 9.54. The van der Waals surface area contributed by atoms with Gasteiger partial charge in [-0.2, -0.15) is 5.10 Å². The predicted octanol–water partition coefficient (Wildman–Crippen LogP) is 0.985. The summed E-state index contributed by atoms with van der Waals surface area (Å²) in [7, 11) is 0. The summed E-state index contributed by atoms with van der Waals surface area (Å²) in [5, 5.41) is 21.0. The normalized spacial score (nSPS) is 12.4. The molecule has 0 radical (unpaired) electrons. The minimum absolute atomic E-state index is 0.0142. The number of carbonyl (C=O) groups is 1. The number of aryl methyl sites for hydroxylation is 1. The number of pyridine rings is 1. The summed E-state index contributed by atoms with van der Waals surface area (Å²) in [5.74, 6) is -0.0142. The molecule has 4 rings (SSSR count). The molecule has 3 aromatic rings. The summed E-state index contributed by atoms with van der Waals surface area (Å²) in [5.41, 5.74) is 10.3. The van der Waals surface area contributed by atoms with E-state index in [9.17, 15) is 4.79 Å². The molecule has 0 unspecified atom stereocenters. The van der Waals surface area contributed by atoms with Gasteiger partial charge in [-0.1, -0.05) is 0 Å². The first-order chi connectivity index (χ1) is 13.8. The molecule has 0 atom stereocenters. The molecule has 0 fully saturated rings. The molecule has 2 heterocycles. The molecule has 8 nitrogen and oxygen atoms in total. The smallest absolute Gasteiger partial charge is 0.196 e. The van der Waals surface area contributed by atoms with Crippen molar-refractivity contribution in [3.05, 3.63) is 41.7 Å². The summed E-state index contributed by atoms with van der Waals surface area (Å²) in [6.07, 6.45) is 4.17. The third kappa shape index (κ3) is 3.15. The Morgan fingerprint density at radius 1 is 1.14 bits per heavy atom. The van der Waals surface area contributed by atoms with Crippen molar-refractivity contribution in [2.75, 3.05) is 38.1 Å². The number of aromatic nitrogens is 3. The highest BCUT2D eigenvalue weighted by Crippen LogP contribution is 2.41. The third-order valence-corrected chi connectivity index (χ3v) is 4.95. The Morgan fingerprint density at radius 3 is 2.86 bits per heavy atom. The van der Waals surface area contributed by atoms with Crippen molar-refractivity contribution in [1.82, 2.24) is 20.1 Å². The minimum Gasteiger partial charge on any atom is -0.395 e. The second kappa shape index (κ2) is 8.05. The van der Waals surface area contributed by atoms with Crippen molar-refractivity contribution in [2.45, 2.75) is 13.0 Å². The number of nitrogens with one attached hydrogen (secondary N) is 2. The Labute approximate surface area is 162 Å². The van der Waals surface area contributed by atoms with Gasteiger partial charge in [-0.25, -0.2) is 0 Å². The van der Waals surface area contributed by atoms with Crippen LogP contribution in [-0.2, 0) is 6.54 Å². The maximum Gasteiger partial charge on any atom is 0.196 e. The number of aliphatic hydroxyl groups excluding tert-OH is 1. The van der Waals surface area contributed by atoms with Gasteiger partial charge in [-0.05, 0) is 31.2 Å². The van der Waals surface area contributed by atoms with Gasteiger partial charge in [0.2, 0.25) is 0 Å². The average Bonchev–Trinajstić information content (AvgIpc) is 3.09. The van der Waals surface area contributed by atoms with Gasteiger partial charge in [0.25, 0.3) is 0 Å². The van der Waals surface area contributed by atoms with Crippen LogP contribution in [0.25, 0.3) is 22.2 Å². The number of carbonyl (C=O) groups excluding carboxylic acids is 1. The number of nitrogens with zero attached hydrogens (tertiary/aromatic N) is 3. The Balaban J connectivity index is 1.79. The average molecular weight is 380 g/mol. The number of nitrogens with two attached hydrogens (primary N) is 1. The zero-order valence-corrected chi connectivity index (χ0v) is 15.6. The van der Waals surface area contributed by atoms with Gasteiger partial charge >= 0.3 is 0 Å². The van der Waals surface area contributed by atoms with Gasteiger partial charge in [0, 0.05) is 60.8 Å². The standard InChI is InChI=1S/C20H24N6O2/c21-5-1-10-26-16-3-2-15(24-8-7-22-9-11-27)17-18(16)19(25-26)14-12-23-6-4-13(14)20(17)28/h2-4,6,12,22,24,27H,1,5,7-11,21H2. The molecule has 5 N–H and O–H groups in total. The summed E-state index contributed by atoms with van der Waals surface area (Å²) < 4.78 is 1.93. The highest BCUT2D eigenvalue weighted by molar-refractivity contribution is 6.27. The Morgan fingerprint density at radius 2 is 2.04 bits per heavy atom. The van der Waals surface area contributed by atoms with Gasteiger partial charge in [-0.15, -0.1) is 0 Å². The lowest BCUT2D eigenvalue weighted by Crippen LogP contribution is -2.25. The Bertz CT molecular complexity index is 1010. The van der Waals surface area contributed by atoms with Crippen molar-refractivity contribution < 1.29 is 9.90 Å². The van der Waals surface area contributed by atoms with Crippen LogP contribution in [0, 0.1) is 0 Å². The number of hydrogen-bond acceptors (Lipinski definition) is 7. The second-order valence-electron chi connectivity index (χ2n) is 6.75. The third-order valence-electron chi connectivity index (χ3n) is 4.95. The molecule has 1 aliphatic carbocycles. The van der Waals surface area contributed by atoms with E-state index in [1.165, 1.54) is 0 Å². The van der Waals surface area contributed by atoms with Crippen LogP contribution < -0.4 is 16.4 Å². The number of rotatable bonds is 9. The van der Waals surface area contributed by atoms with E-state index < -0.39 is 0 Å². The highest BCUT2D eigenvalue weighted by atomic mass is 16.3. The number of aliphatic hydroxyl groups is 1. The zero-order valence-electron chi connectivity index (χ0n) is 15.6. The van der Waals surface area contributed by atoms with E-state index in [0.29, 0.717) is 43.9 Å². The molecule has 28 heavy (non-hydrogen) atoms. The largest absolute Gasteiger partial charge is 0.395 e. The van der Waals surface area contributed by atoms with Gasteiger partial charge in [0.05, 0.1) is 17.7 Å². The molecule has 0 amide bonds. The maximum atomic E-state index is 13.3. The van der Waals surface area contributed by atoms with Crippen LogP contribution in [-0.4, -0.2) is 58.4 Å². The molecule has 8 heteroatoms. The fourth-order valence-corrected chi connectivity index (χ4v) is 3.66. The molecule has 0 spiro atoms. The van der Waals surface area contributed by atoms with E-state index in [2.05, 4.69) is 15.6 Å². The highest BCUT2D eigenvalue weighted by Gasteiger charge is 2.31. The lowest BCUT2D eigenvalue weighted by Gasteiger charge is -2.18. The van der Waals surface area contributed by atoms with Crippen molar-refractivity contribution in [3.63, 3.8) is 0 Å². The van der Waals surface area contributed by atoms with Crippen LogP contribution >= 0.6 is 0 Å². The van der Waals surface area contributed by atoms with Crippen LogP contribution in [0.5, 0.6) is 0 Å². The number of fused-ring (bicyclic) bond motifs is 2. The SMILES string of the molecule is NCCCn1nc2c3c(c(NCCNCCO)ccc31)C(=O)c1ccncc1-2. The van der Waals surface area contributed by atoms with E-state index >= 15 is 0 Å². The Kier molecular flexibility index (Phi) is 5.34. The molecule has 2 aromatic heterocycles. The van der Waals surface area contributed by atoms with Crippen LogP contribution in [0.1, 0.15) is 22.3 Å². The fourth-order valence-electron chi connectivity index (χ4n) is 3.66. The van der Waals surface area contributed by atoms with Crippen LogP contribution in [0.2, 0.25) is 0 Å². The monoisotopic (exact) mass is 380 g/mol. The number of hydrogen-bond donors (Lipinski definition) is 4. The molecular formula is C20H24N6O2. The topological polar surface area (TPSA) is 118 Å². The van der Waals surface area contributed by atoms with E-state index in [-0.39, 0.29) is 12.4 Å². The van der Waals surface area contributed by atoms with Crippen molar-refractivity contribution in [3.8, 4) is 11.3 Å². The number of anilines is 1. The minimum atomic E-state index is -0.0142. The quantitative estimate of drug-likeness (QED) is 0.320. The van der Waals surface area contributed by atoms with Gasteiger partial charge < -0.3 is 21.5 Å². The Hall–Kier alpha value is -2.81. The fraction of sp³-hybridized carbons (Fsp3) is 0.350. The molecule has 0 saturated heterocycles. The lowest BCUT2D eigenvalue weighted by atomic mass is 9.87. The first-order valence-corrected chi connectivity index (χ1v) is 9.54. The summed E-state index contributed by atoms with van der Waals surface area (Å²) in [6, 6.07) is 5.70. The van der Waals surface area contributed by atoms with E-state index in [1.54, 1.807) is 18.5 Å². The molecule has 1 aliphatic rings. The van der Waals surface area contributed by atoms with E-state index in [0.717, 1.165) is 34.3 Å². The number of benzene rings is 1. The predicted molar refractivity (Wildman–Crippen MR) is 109 cm³/mol. The molecule has 0 bridgehead atoms. The summed E-state index contributed by atoms with van der Waals surface area (Å²) in [6.45, 7) is 3.27. The van der Waals surface area contributed by atoms with E-state index in [4.69, 9.17) is 15.9 Å². The zero-order chi connectivity index (χ0) is 19.5. The maximum absolute atomic E-state index is 13.3. The van der Waals surface area contributed by atoms with Crippen molar-refractivity contribution in [1.29, 1.82) is 0 Å².